The Balaban J connectivity index is 1.70. The summed E-state index contributed by atoms with van der Waals surface area (Å²) in [5, 5.41) is 3.06. The maximum absolute atomic E-state index is 12.2. The summed E-state index contributed by atoms with van der Waals surface area (Å²) in [5.74, 6) is 0.334. The number of piperidine rings is 1. The van der Waals surface area contributed by atoms with Gasteiger partial charge in [0.15, 0.2) is 0 Å². The molecule has 1 N–H and O–H groups in total. The van der Waals surface area contributed by atoms with Crippen LogP contribution < -0.4 is 5.32 Å². The van der Waals surface area contributed by atoms with Crippen molar-refractivity contribution in [2.45, 2.75) is 25.0 Å². The number of aromatic nitrogens is 2. The van der Waals surface area contributed by atoms with Crippen molar-refractivity contribution < 1.29 is 9.53 Å². The molecule has 0 aliphatic carbocycles. The predicted octanol–water partition coefficient (Wildman–Crippen LogP) is 0.316. The first-order valence-electron chi connectivity index (χ1n) is 7.11. The van der Waals surface area contributed by atoms with Crippen molar-refractivity contribution in [1.29, 1.82) is 0 Å². The monoisotopic (exact) mass is 276 g/mol. The van der Waals surface area contributed by atoms with Gasteiger partial charge in [0.1, 0.15) is 5.69 Å². The Kier molecular flexibility index (Phi) is 3.93. The maximum Gasteiger partial charge on any atom is 0.271 e. The smallest absolute Gasteiger partial charge is 0.271 e. The van der Waals surface area contributed by atoms with Gasteiger partial charge in [-0.15, -0.1) is 0 Å². The molecule has 20 heavy (non-hydrogen) atoms. The summed E-state index contributed by atoms with van der Waals surface area (Å²) in [6.45, 7) is 2.65. The highest BCUT2D eigenvalue weighted by Gasteiger charge is 2.39. The number of hydrogen-bond donors (Lipinski definition) is 1. The third kappa shape index (κ3) is 2.81. The number of fused-ring (bicyclic) bond motifs is 1. The molecule has 1 aromatic heterocycles. The number of likely N-dealkylation sites (N-methyl/N-ethyl adjacent to an activating group) is 1. The average molecular weight is 276 g/mol. The summed E-state index contributed by atoms with van der Waals surface area (Å²) in [6.07, 6.45) is 6.99. The van der Waals surface area contributed by atoms with Gasteiger partial charge in [-0.05, 0) is 25.8 Å². The molecule has 1 amide bonds. The zero-order valence-corrected chi connectivity index (χ0v) is 11.7. The number of carbonyl (C=O) groups excluding carboxylic acids is 1. The van der Waals surface area contributed by atoms with Gasteiger partial charge < -0.3 is 15.0 Å². The zero-order chi connectivity index (χ0) is 13.9. The van der Waals surface area contributed by atoms with Gasteiger partial charge in [-0.2, -0.15) is 0 Å². The summed E-state index contributed by atoms with van der Waals surface area (Å²) in [4.78, 5) is 22.4. The molecule has 3 heterocycles. The normalized spacial score (nSPS) is 30.6. The number of rotatable bonds is 2. The first kappa shape index (κ1) is 13.5. The van der Waals surface area contributed by atoms with Gasteiger partial charge in [0.05, 0.1) is 18.3 Å². The quantitative estimate of drug-likeness (QED) is 0.842. The molecule has 2 saturated heterocycles. The molecule has 108 valence electrons. The van der Waals surface area contributed by atoms with E-state index in [-0.39, 0.29) is 18.1 Å². The van der Waals surface area contributed by atoms with Crippen LogP contribution in [0.5, 0.6) is 0 Å². The summed E-state index contributed by atoms with van der Waals surface area (Å²) in [7, 11) is 2.09. The van der Waals surface area contributed by atoms with Crippen molar-refractivity contribution in [2.75, 3.05) is 26.7 Å². The van der Waals surface area contributed by atoms with E-state index in [1.165, 1.54) is 18.8 Å². The van der Waals surface area contributed by atoms with Crippen molar-refractivity contribution >= 4 is 5.91 Å². The third-order valence-corrected chi connectivity index (χ3v) is 4.06. The molecule has 3 atom stereocenters. The van der Waals surface area contributed by atoms with Crippen LogP contribution in [0.1, 0.15) is 23.3 Å². The summed E-state index contributed by atoms with van der Waals surface area (Å²) in [5.41, 5.74) is 0.355. The van der Waals surface area contributed by atoms with Crippen LogP contribution in [0.4, 0.5) is 0 Å². The molecule has 1 aromatic rings. The maximum atomic E-state index is 12.2. The molecule has 2 aliphatic heterocycles. The topological polar surface area (TPSA) is 67.3 Å². The number of carbonyl (C=O) groups is 1. The highest BCUT2D eigenvalue weighted by Crippen LogP contribution is 2.28. The Morgan fingerprint density at radius 3 is 3.15 bits per heavy atom. The number of nitrogens with zero attached hydrogens (tertiary/aromatic N) is 3. The lowest BCUT2D eigenvalue weighted by Gasteiger charge is -2.44. The summed E-state index contributed by atoms with van der Waals surface area (Å²) < 4.78 is 5.90. The molecule has 3 rings (SSSR count). The van der Waals surface area contributed by atoms with Gasteiger partial charge >= 0.3 is 0 Å². The molecular formula is C14H20N4O2. The number of likely N-dealkylation sites (tertiary alicyclic amines) is 1. The number of hydrogen-bond acceptors (Lipinski definition) is 5. The van der Waals surface area contributed by atoms with E-state index in [0.29, 0.717) is 11.6 Å². The Morgan fingerprint density at radius 1 is 1.45 bits per heavy atom. The van der Waals surface area contributed by atoms with Crippen molar-refractivity contribution in [2.24, 2.45) is 5.92 Å². The second kappa shape index (κ2) is 5.85. The zero-order valence-electron chi connectivity index (χ0n) is 11.7. The summed E-state index contributed by atoms with van der Waals surface area (Å²) in [6, 6.07) is 0.0218. The van der Waals surface area contributed by atoms with E-state index in [0.717, 1.165) is 26.1 Å². The molecule has 0 unspecified atom stereocenters. The van der Waals surface area contributed by atoms with Gasteiger partial charge in [0.2, 0.25) is 0 Å². The second-order valence-electron chi connectivity index (χ2n) is 5.63. The second-order valence-corrected chi connectivity index (χ2v) is 5.63. The van der Waals surface area contributed by atoms with E-state index in [1.54, 1.807) is 6.20 Å². The molecule has 0 radical (unpaired) electrons. The predicted molar refractivity (Wildman–Crippen MR) is 73.2 cm³/mol. The molecule has 6 nitrogen and oxygen atoms in total. The Hall–Kier alpha value is -1.53. The van der Waals surface area contributed by atoms with Crippen LogP contribution in [0.2, 0.25) is 0 Å². The molecule has 0 aromatic carbocycles. The van der Waals surface area contributed by atoms with E-state index < -0.39 is 0 Å². The minimum Gasteiger partial charge on any atom is -0.376 e. The van der Waals surface area contributed by atoms with Crippen molar-refractivity contribution in [3.8, 4) is 0 Å². The molecule has 6 heteroatoms. The van der Waals surface area contributed by atoms with Crippen LogP contribution in [0.3, 0.4) is 0 Å². The third-order valence-electron chi connectivity index (χ3n) is 4.06. The lowest BCUT2D eigenvalue weighted by atomic mass is 9.85. The van der Waals surface area contributed by atoms with Crippen LogP contribution in [0.15, 0.2) is 18.6 Å². The van der Waals surface area contributed by atoms with Gasteiger partial charge in [-0.25, -0.2) is 4.98 Å². The molecule has 0 saturated carbocycles. The van der Waals surface area contributed by atoms with E-state index in [1.807, 2.05) is 0 Å². The van der Waals surface area contributed by atoms with E-state index in [9.17, 15) is 4.79 Å². The van der Waals surface area contributed by atoms with E-state index in [4.69, 9.17) is 4.74 Å². The van der Waals surface area contributed by atoms with Crippen molar-refractivity contribution in [3.05, 3.63) is 24.3 Å². The first-order valence-corrected chi connectivity index (χ1v) is 7.11. The largest absolute Gasteiger partial charge is 0.376 e. The molecule has 0 bridgehead atoms. The minimum atomic E-state index is -0.175. The van der Waals surface area contributed by atoms with Crippen molar-refractivity contribution in [1.82, 2.24) is 20.2 Å². The fraction of sp³-hybridized carbons (Fsp3) is 0.643. The van der Waals surface area contributed by atoms with Crippen LogP contribution in [-0.2, 0) is 4.74 Å². The van der Waals surface area contributed by atoms with Crippen LogP contribution >= 0.6 is 0 Å². The summed E-state index contributed by atoms with van der Waals surface area (Å²) >= 11 is 0. The van der Waals surface area contributed by atoms with E-state index >= 15 is 0 Å². The van der Waals surface area contributed by atoms with Crippen LogP contribution in [-0.4, -0.2) is 59.7 Å². The Bertz CT molecular complexity index is 468. The fourth-order valence-corrected chi connectivity index (χ4v) is 3.21. The number of nitrogens with one attached hydrogen (secondary N) is 1. The minimum absolute atomic E-state index is 0.0218. The lowest BCUT2D eigenvalue weighted by Crippen LogP contribution is -2.60. The standard InChI is InChI=1S/C14H20N4O2/c1-18-8-10-3-2-6-20-13(10)12(9-18)17-14(19)11-7-15-4-5-16-11/h4-5,7,10,12-13H,2-3,6,8-9H2,1H3,(H,17,19)/t10-,12+,13-/m0/s1. The van der Waals surface area contributed by atoms with Gasteiger partial charge in [0.25, 0.3) is 5.91 Å². The van der Waals surface area contributed by atoms with Crippen LogP contribution in [0, 0.1) is 5.92 Å². The molecule has 2 fully saturated rings. The SMILES string of the molecule is CN1C[C@@H]2CCCO[C@@H]2[C@H](NC(=O)c2cnccn2)C1. The van der Waals surface area contributed by atoms with E-state index in [2.05, 4.69) is 27.2 Å². The average Bonchev–Trinajstić information content (AvgIpc) is 2.48. The van der Waals surface area contributed by atoms with Gasteiger partial charge in [-0.1, -0.05) is 0 Å². The number of ether oxygens (including phenoxy) is 1. The molecule has 2 aliphatic rings. The highest BCUT2D eigenvalue weighted by molar-refractivity contribution is 5.92. The Labute approximate surface area is 118 Å². The molecule has 0 spiro atoms. The van der Waals surface area contributed by atoms with Gasteiger partial charge in [-0.3, -0.25) is 9.78 Å². The fourth-order valence-electron chi connectivity index (χ4n) is 3.21. The van der Waals surface area contributed by atoms with Gasteiger partial charge in [0, 0.05) is 32.1 Å². The highest BCUT2D eigenvalue weighted by atomic mass is 16.5. The lowest BCUT2D eigenvalue weighted by molar-refractivity contribution is -0.0791. The molecular weight excluding hydrogens is 256 g/mol. The Morgan fingerprint density at radius 2 is 2.35 bits per heavy atom. The van der Waals surface area contributed by atoms with Crippen LogP contribution in [0.25, 0.3) is 0 Å². The first-order chi connectivity index (χ1) is 9.74. The van der Waals surface area contributed by atoms with Crippen molar-refractivity contribution in [3.63, 3.8) is 0 Å². The number of amides is 1.